The maximum atomic E-state index is 12.2. The average Bonchev–Trinajstić information content (AvgIpc) is 2.57. The minimum Gasteiger partial charge on any atom is -0.507 e. The Morgan fingerprint density at radius 3 is 2.16 bits per heavy atom. The van der Waals surface area contributed by atoms with Crippen LogP contribution in [0.1, 0.15) is 21.7 Å². The number of hydrogen-bond donors (Lipinski definition) is 1. The Morgan fingerprint density at radius 2 is 1.68 bits per heavy atom. The van der Waals surface area contributed by atoms with Crippen molar-refractivity contribution in [1.82, 2.24) is 0 Å². The van der Waals surface area contributed by atoms with Crippen LogP contribution in [0.5, 0.6) is 23.0 Å². The summed E-state index contributed by atoms with van der Waals surface area (Å²) in [5.41, 5.74) is -0.731. The van der Waals surface area contributed by atoms with Crippen LogP contribution in [0.2, 0.25) is 0 Å². The summed E-state index contributed by atoms with van der Waals surface area (Å²) >= 11 is 0. The normalized spacial score (nSPS) is 10.7. The van der Waals surface area contributed by atoms with Gasteiger partial charge < -0.3 is 23.7 Å². The van der Waals surface area contributed by atoms with Gasteiger partial charge in [0.25, 0.3) is 0 Å². The molecule has 1 N–H and O–H groups in total. The molecule has 0 bridgehead atoms. The number of carbonyl (C=O) groups is 1. The first kappa shape index (κ1) is 18.1. The van der Waals surface area contributed by atoms with Crippen LogP contribution in [-0.4, -0.2) is 32.2 Å². The lowest BCUT2D eigenvalue weighted by Gasteiger charge is -2.12. The molecule has 1 heterocycles. The lowest BCUT2D eigenvalue weighted by molar-refractivity contribution is 0.104. The summed E-state index contributed by atoms with van der Waals surface area (Å²) in [6.45, 7) is 1.50. The number of rotatable bonds is 6. The predicted octanol–water partition coefficient (Wildman–Crippen LogP) is 2.58. The minimum absolute atomic E-state index is 0.215. The number of ether oxygens (including phenoxy) is 3. The Labute approximate surface area is 144 Å². The fourth-order valence-electron chi connectivity index (χ4n) is 2.28. The van der Waals surface area contributed by atoms with Crippen molar-refractivity contribution in [3.05, 3.63) is 51.6 Å². The summed E-state index contributed by atoms with van der Waals surface area (Å²) in [5, 5.41) is 9.80. The quantitative estimate of drug-likeness (QED) is 0.634. The molecule has 0 aliphatic rings. The second-order valence-electron chi connectivity index (χ2n) is 5.06. The van der Waals surface area contributed by atoms with Crippen molar-refractivity contribution < 1.29 is 28.5 Å². The SMILES string of the molecule is COc1cc(/C=C/C(=O)c2c(O)cc(C)oc2=O)cc(OC)c1OC. The molecule has 0 spiro atoms. The number of carbonyl (C=O) groups excluding carboxylic acids is 1. The smallest absolute Gasteiger partial charge is 0.351 e. The van der Waals surface area contributed by atoms with E-state index in [9.17, 15) is 14.7 Å². The van der Waals surface area contributed by atoms with E-state index in [-0.39, 0.29) is 5.76 Å². The molecular formula is C18H18O7. The van der Waals surface area contributed by atoms with Crippen molar-refractivity contribution >= 4 is 11.9 Å². The molecular weight excluding hydrogens is 328 g/mol. The average molecular weight is 346 g/mol. The van der Waals surface area contributed by atoms with Crippen molar-refractivity contribution in [2.24, 2.45) is 0 Å². The summed E-state index contributed by atoms with van der Waals surface area (Å²) < 4.78 is 20.5. The van der Waals surface area contributed by atoms with Crippen LogP contribution in [0.15, 0.2) is 33.5 Å². The number of hydrogen-bond acceptors (Lipinski definition) is 7. The molecule has 132 valence electrons. The molecule has 7 nitrogen and oxygen atoms in total. The van der Waals surface area contributed by atoms with E-state index in [0.717, 1.165) is 6.08 Å². The first-order chi connectivity index (χ1) is 11.9. The van der Waals surface area contributed by atoms with Crippen LogP contribution in [0, 0.1) is 6.92 Å². The molecule has 0 aliphatic heterocycles. The zero-order chi connectivity index (χ0) is 18.6. The lowest BCUT2D eigenvalue weighted by Crippen LogP contribution is -2.12. The van der Waals surface area contributed by atoms with E-state index in [0.29, 0.717) is 22.8 Å². The van der Waals surface area contributed by atoms with Crippen LogP contribution in [0.25, 0.3) is 6.08 Å². The fourth-order valence-corrected chi connectivity index (χ4v) is 2.28. The van der Waals surface area contributed by atoms with Crippen LogP contribution in [0.3, 0.4) is 0 Å². The van der Waals surface area contributed by atoms with E-state index in [1.165, 1.54) is 40.4 Å². The lowest BCUT2D eigenvalue weighted by atomic mass is 10.1. The number of benzene rings is 1. The van der Waals surface area contributed by atoms with Gasteiger partial charge >= 0.3 is 5.63 Å². The minimum atomic E-state index is -0.892. The molecule has 0 fully saturated rings. The van der Waals surface area contributed by atoms with Gasteiger partial charge in [0.15, 0.2) is 17.3 Å². The Bertz CT molecular complexity index is 852. The number of aryl methyl sites for hydroxylation is 1. The molecule has 0 saturated heterocycles. The fraction of sp³-hybridized carbons (Fsp3) is 0.222. The highest BCUT2D eigenvalue weighted by atomic mass is 16.5. The van der Waals surface area contributed by atoms with Gasteiger partial charge in [-0.25, -0.2) is 4.79 Å². The molecule has 0 unspecified atom stereocenters. The van der Waals surface area contributed by atoms with E-state index < -0.39 is 22.7 Å². The van der Waals surface area contributed by atoms with E-state index in [2.05, 4.69) is 0 Å². The molecule has 2 aromatic rings. The van der Waals surface area contributed by atoms with Gasteiger partial charge in [0.2, 0.25) is 5.75 Å². The van der Waals surface area contributed by atoms with Gasteiger partial charge in [-0.2, -0.15) is 0 Å². The number of allylic oxidation sites excluding steroid dienone is 1. The molecule has 0 aliphatic carbocycles. The van der Waals surface area contributed by atoms with Gasteiger partial charge in [-0.3, -0.25) is 4.79 Å². The van der Waals surface area contributed by atoms with Gasteiger partial charge in [0.1, 0.15) is 17.1 Å². The Morgan fingerprint density at radius 1 is 1.08 bits per heavy atom. The summed E-state index contributed by atoms with van der Waals surface area (Å²) in [5.74, 6) is 0.379. The highest BCUT2D eigenvalue weighted by molar-refractivity contribution is 6.08. The van der Waals surface area contributed by atoms with Crippen molar-refractivity contribution in [2.75, 3.05) is 21.3 Å². The Hall–Kier alpha value is -3.22. The van der Waals surface area contributed by atoms with Gasteiger partial charge in [-0.05, 0) is 30.7 Å². The molecule has 7 heteroatoms. The van der Waals surface area contributed by atoms with Crippen molar-refractivity contribution in [2.45, 2.75) is 6.92 Å². The summed E-state index contributed by atoms with van der Waals surface area (Å²) in [7, 11) is 4.44. The number of aromatic hydroxyl groups is 1. The molecule has 1 aromatic carbocycles. The van der Waals surface area contributed by atoms with Crippen molar-refractivity contribution in [3.63, 3.8) is 0 Å². The monoisotopic (exact) mass is 346 g/mol. The standard InChI is InChI=1S/C18H18O7/c1-10-7-13(20)16(18(21)25-10)12(19)6-5-11-8-14(22-2)17(24-4)15(9-11)23-3/h5-9,20H,1-4H3/b6-5+. The van der Waals surface area contributed by atoms with Crippen molar-refractivity contribution in [1.29, 1.82) is 0 Å². The largest absolute Gasteiger partial charge is 0.507 e. The molecule has 25 heavy (non-hydrogen) atoms. The van der Waals surface area contributed by atoms with E-state index in [1.807, 2.05) is 0 Å². The van der Waals surface area contributed by atoms with Gasteiger partial charge in [-0.1, -0.05) is 6.08 Å². The summed E-state index contributed by atoms with van der Waals surface area (Å²) in [6, 6.07) is 4.49. The van der Waals surface area contributed by atoms with E-state index >= 15 is 0 Å². The molecule has 0 atom stereocenters. The molecule has 0 amide bonds. The number of methoxy groups -OCH3 is 3. The van der Waals surface area contributed by atoms with E-state index in [4.69, 9.17) is 18.6 Å². The Kier molecular flexibility index (Phi) is 5.49. The molecule has 0 radical (unpaired) electrons. The highest BCUT2D eigenvalue weighted by Gasteiger charge is 2.16. The molecule has 1 aromatic heterocycles. The van der Waals surface area contributed by atoms with Crippen LogP contribution in [0.4, 0.5) is 0 Å². The highest BCUT2D eigenvalue weighted by Crippen LogP contribution is 2.38. The maximum Gasteiger partial charge on any atom is 0.351 e. The summed E-state index contributed by atoms with van der Waals surface area (Å²) in [6.07, 6.45) is 2.62. The second-order valence-corrected chi connectivity index (χ2v) is 5.06. The first-order valence-corrected chi connectivity index (χ1v) is 7.27. The van der Waals surface area contributed by atoms with Gasteiger partial charge in [0, 0.05) is 6.07 Å². The van der Waals surface area contributed by atoms with Crippen LogP contribution in [-0.2, 0) is 0 Å². The van der Waals surface area contributed by atoms with Gasteiger partial charge in [-0.15, -0.1) is 0 Å². The van der Waals surface area contributed by atoms with Crippen LogP contribution < -0.4 is 19.8 Å². The molecule has 2 rings (SSSR count). The maximum absolute atomic E-state index is 12.2. The van der Waals surface area contributed by atoms with Gasteiger partial charge in [0.05, 0.1) is 21.3 Å². The molecule has 0 saturated carbocycles. The third-order valence-electron chi connectivity index (χ3n) is 3.41. The van der Waals surface area contributed by atoms with Crippen molar-refractivity contribution in [3.8, 4) is 23.0 Å². The third-order valence-corrected chi connectivity index (χ3v) is 3.41. The predicted molar refractivity (Wildman–Crippen MR) is 90.8 cm³/mol. The first-order valence-electron chi connectivity index (χ1n) is 7.27. The Balaban J connectivity index is 2.40. The zero-order valence-electron chi connectivity index (χ0n) is 14.3. The second kappa shape index (κ2) is 7.57. The third kappa shape index (κ3) is 3.82. The topological polar surface area (TPSA) is 95.2 Å². The van der Waals surface area contributed by atoms with Crippen LogP contribution >= 0.6 is 0 Å². The van der Waals surface area contributed by atoms with E-state index in [1.54, 1.807) is 12.1 Å². The zero-order valence-corrected chi connectivity index (χ0v) is 14.3. The number of ketones is 1. The summed E-state index contributed by atoms with van der Waals surface area (Å²) in [4.78, 5) is 24.0.